The molecule has 21 heavy (non-hydrogen) atoms. The minimum atomic E-state index is 0.528. The van der Waals surface area contributed by atoms with Crippen LogP contribution in [0.25, 0.3) is 0 Å². The summed E-state index contributed by atoms with van der Waals surface area (Å²) in [5, 5.41) is 4.56. The number of benzene rings is 1. The van der Waals surface area contributed by atoms with Gasteiger partial charge in [0.15, 0.2) is 0 Å². The Morgan fingerprint density at radius 1 is 1.29 bits per heavy atom. The minimum Gasteiger partial charge on any atom is -0.469 e. The highest BCUT2D eigenvalue weighted by Gasteiger charge is 2.30. The maximum atomic E-state index is 6.06. The topological polar surface area (TPSA) is 25.2 Å². The van der Waals surface area contributed by atoms with Gasteiger partial charge in [0.25, 0.3) is 0 Å². The van der Waals surface area contributed by atoms with Gasteiger partial charge in [0.1, 0.15) is 5.76 Å². The normalized spacial score (nSPS) is 22.8. The Hall–Kier alpha value is -1.25. The van der Waals surface area contributed by atoms with E-state index in [4.69, 9.17) is 16.0 Å². The maximum absolute atomic E-state index is 6.06. The van der Waals surface area contributed by atoms with Gasteiger partial charge >= 0.3 is 0 Å². The Labute approximate surface area is 131 Å². The second kappa shape index (κ2) is 6.67. The number of rotatable bonds is 6. The van der Waals surface area contributed by atoms with Crippen LogP contribution in [0.1, 0.15) is 43.4 Å². The fraction of sp³-hybridized carbons (Fsp3) is 0.444. The first-order valence-electron chi connectivity index (χ1n) is 7.74. The van der Waals surface area contributed by atoms with Crippen LogP contribution >= 0.6 is 11.6 Å². The van der Waals surface area contributed by atoms with E-state index < -0.39 is 0 Å². The van der Waals surface area contributed by atoms with Crippen molar-refractivity contribution in [3.63, 3.8) is 0 Å². The zero-order valence-corrected chi connectivity index (χ0v) is 13.1. The van der Waals surface area contributed by atoms with Crippen molar-refractivity contribution in [2.24, 2.45) is 0 Å². The lowest BCUT2D eigenvalue weighted by Crippen LogP contribution is -2.44. The molecule has 0 bridgehead atoms. The highest BCUT2D eigenvalue weighted by atomic mass is 35.5. The number of furan rings is 1. The van der Waals surface area contributed by atoms with Crippen molar-refractivity contribution in [1.82, 2.24) is 5.32 Å². The summed E-state index contributed by atoms with van der Waals surface area (Å²) in [6, 6.07) is 13.4. The molecule has 1 atom stereocenters. The van der Waals surface area contributed by atoms with Crippen molar-refractivity contribution in [1.29, 1.82) is 0 Å². The second-order valence-corrected chi connectivity index (χ2v) is 6.54. The van der Waals surface area contributed by atoms with Crippen molar-refractivity contribution in [3.05, 3.63) is 59.0 Å². The monoisotopic (exact) mass is 303 g/mol. The van der Waals surface area contributed by atoms with Gasteiger partial charge in [-0.25, -0.2) is 0 Å². The molecule has 0 radical (unpaired) electrons. The van der Waals surface area contributed by atoms with Gasteiger partial charge in [0, 0.05) is 23.5 Å². The zero-order valence-electron chi connectivity index (χ0n) is 12.4. The summed E-state index contributed by atoms with van der Waals surface area (Å²) < 4.78 is 5.38. The lowest BCUT2D eigenvalue weighted by molar-refractivity contribution is 0.264. The van der Waals surface area contributed by atoms with E-state index in [2.05, 4.69) is 24.4 Å². The zero-order chi connectivity index (χ0) is 14.7. The first-order chi connectivity index (χ1) is 10.2. The van der Waals surface area contributed by atoms with E-state index in [0.717, 1.165) is 23.6 Å². The third-order valence-electron chi connectivity index (χ3n) is 4.38. The Bertz CT molecular complexity index is 560. The summed E-state index contributed by atoms with van der Waals surface area (Å²) in [5.74, 6) is 1.74. The van der Waals surface area contributed by atoms with E-state index in [1.54, 1.807) is 6.26 Å². The van der Waals surface area contributed by atoms with E-state index in [1.807, 2.05) is 24.3 Å². The molecule has 0 saturated heterocycles. The molecule has 3 heteroatoms. The van der Waals surface area contributed by atoms with E-state index in [-0.39, 0.29) is 0 Å². The smallest absolute Gasteiger partial charge is 0.103 e. The molecule has 2 nitrogen and oxygen atoms in total. The van der Waals surface area contributed by atoms with Gasteiger partial charge in [-0.1, -0.05) is 23.7 Å². The summed E-state index contributed by atoms with van der Waals surface area (Å²) >= 11 is 6.06. The summed E-state index contributed by atoms with van der Waals surface area (Å²) in [6.45, 7) is 2.26. The van der Waals surface area contributed by atoms with Crippen LogP contribution in [0.15, 0.2) is 47.1 Å². The van der Waals surface area contributed by atoms with Gasteiger partial charge in [-0.15, -0.1) is 0 Å². The Morgan fingerprint density at radius 2 is 2.14 bits per heavy atom. The van der Waals surface area contributed by atoms with Crippen molar-refractivity contribution in [3.8, 4) is 0 Å². The van der Waals surface area contributed by atoms with E-state index >= 15 is 0 Å². The Balaban J connectivity index is 1.40. The van der Waals surface area contributed by atoms with E-state index in [1.165, 1.54) is 18.4 Å². The van der Waals surface area contributed by atoms with Crippen molar-refractivity contribution < 1.29 is 4.42 Å². The van der Waals surface area contributed by atoms with Gasteiger partial charge in [0.2, 0.25) is 0 Å². The first kappa shape index (κ1) is 14.7. The SMILES string of the molecule is CC(CCc1ccco1)NC1CC(c2cccc(Cl)c2)C1. The van der Waals surface area contributed by atoms with E-state index in [0.29, 0.717) is 18.0 Å². The molecule has 1 N–H and O–H groups in total. The highest BCUT2D eigenvalue weighted by Crippen LogP contribution is 2.37. The molecule has 112 valence electrons. The fourth-order valence-corrected chi connectivity index (χ4v) is 3.28. The predicted octanol–water partition coefficient (Wildman–Crippen LogP) is 4.79. The van der Waals surface area contributed by atoms with Crippen molar-refractivity contribution >= 4 is 11.6 Å². The van der Waals surface area contributed by atoms with Crippen LogP contribution in [0.3, 0.4) is 0 Å². The summed E-state index contributed by atoms with van der Waals surface area (Å²) in [7, 11) is 0. The Kier molecular flexibility index (Phi) is 4.67. The van der Waals surface area contributed by atoms with Gasteiger partial charge in [-0.2, -0.15) is 0 Å². The quantitative estimate of drug-likeness (QED) is 0.830. The number of nitrogens with one attached hydrogen (secondary N) is 1. The Morgan fingerprint density at radius 3 is 2.86 bits per heavy atom. The average Bonchev–Trinajstić information content (AvgIpc) is 2.93. The molecule has 1 aromatic carbocycles. The van der Waals surface area contributed by atoms with Gasteiger partial charge in [-0.05, 0) is 61.9 Å². The van der Waals surface area contributed by atoms with Crippen LogP contribution in [0.5, 0.6) is 0 Å². The molecule has 1 unspecified atom stereocenters. The molecule has 0 aliphatic heterocycles. The molecule has 1 heterocycles. The summed E-state index contributed by atoms with van der Waals surface area (Å²) in [6.07, 6.45) is 6.29. The lowest BCUT2D eigenvalue weighted by Gasteiger charge is -2.38. The molecule has 1 aliphatic carbocycles. The lowest BCUT2D eigenvalue weighted by atomic mass is 9.75. The van der Waals surface area contributed by atoms with Crippen LogP contribution < -0.4 is 5.32 Å². The molecule has 1 fully saturated rings. The third-order valence-corrected chi connectivity index (χ3v) is 4.62. The summed E-state index contributed by atoms with van der Waals surface area (Å²) in [5.41, 5.74) is 1.38. The molecule has 0 spiro atoms. The number of halogens is 1. The van der Waals surface area contributed by atoms with Crippen LogP contribution in [0.4, 0.5) is 0 Å². The number of hydrogen-bond donors (Lipinski definition) is 1. The largest absolute Gasteiger partial charge is 0.469 e. The fourth-order valence-electron chi connectivity index (χ4n) is 3.09. The van der Waals surface area contributed by atoms with Crippen molar-refractivity contribution in [2.45, 2.75) is 50.6 Å². The molecule has 1 aromatic heterocycles. The van der Waals surface area contributed by atoms with Gasteiger partial charge in [0.05, 0.1) is 6.26 Å². The molecule has 3 rings (SSSR count). The number of hydrogen-bond acceptors (Lipinski definition) is 2. The van der Waals surface area contributed by atoms with Gasteiger partial charge < -0.3 is 9.73 Å². The highest BCUT2D eigenvalue weighted by molar-refractivity contribution is 6.30. The molecule has 0 amide bonds. The van der Waals surface area contributed by atoms with Crippen molar-refractivity contribution in [2.75, 3.05) is 0 Å². The van der Waals surface area contributed by atoms with Crippen LogP contribution in [-0.4, -0.2) is 12.1 Å². The standard InChI is InChI=1S/C18H22ClNO/c1-13(7-8-18-6-3-9-21-18)20-17-11-15(12-17)14-4-2-5-16(19)10-14/h2-6,9-10,13,15,17,20H,7-8,11-12H2,1H3. The molecule has 1 saturated carbocycles. The molecule has 1 aliphatic rings. The molecular formula is C18H22ClNO. The number of aryl methyl sites for hydroxylation is 1. The second-order valence-electron chi connectivity index (χ2n) is 6.11. The minimum absolute atomic E-state index is 0.528. The van der Waals surface area contributed by atoms with Crippen LogP contribution in [0, 0.1) is 0 Å². The van der Waals surface area contributed by atoms with Gasteiger partial charge in [-0.3, -0.25) is 0 Å². The maximum Gasteiger partial charge on any atom is 0.103 e. The molecule has 2 aromatic rings. The average molecular weight is 304 g/mol. The van der Waals surface area contributed by atoms with Crippen LogP contribution in [0.2, 0.25) is 5.02 Å². The predicted molar refractivity (Wildman–Crippen MR) is 86.8 cm³/mol. The third kappa shape index (κ3) is 3.90. The van der Waals surface area contributed by atoms with Crippen LogP contribution in [-0.2, 0) is 6.42 Å². The summed E-state index contributed by atoms with van der Waals surface area (Å²) in [4.78, 5) is 0. The van der Waals surface area contributed by atoms with E-state index in [9.17, 15) is 0 Å². The molecular weight excluding hydrogens is 282 g/mol. The first-order valence-corrected chi connectivity index (χ1v) is 8.12.